The van der Waals surface area contributed by atoms with Crippen LogP contribution in [0.15, 0.2) is 23.3 Å². The van der Waals surface area contributed by atoms with Gasteiger partial charge in [0.05, 0.1) is 22.2 Å². The van der Waals surface area contributed by atoms with Crippen LogP contribution in [0.2, 0.25) is 0 Å². The Balaban J connectivity index is 2.65. The highest BCUT2D eigenvalue weighted by molar-refractivity contribution is 5.82. The van der Waals surface area contributed by atoms with Crippen LogP contribution in [0.5, 0.6) is 5.75 Å². The minimum absolute atomic E-state index is 0.0519. The zero-order valence-corrected chi connectivity index (χ0v) is 9.25. The second-order valence-electron chi connectivity index (χ2n) is 3.46. The molecule has 94 valence electrons. The summed E-state index contributed by atoms with van der Waals surface area (Å²) in [6.45, 7) is 0.382. The van der Waals surface area contributed by atoms with E-state index < -0.39 is 10.5 Å². The number of nitrogens with one attached hydrogen (secondary N) is 1. The van der Waals surface area contributed by atoms with Crippen LogP contribution < -0.4 is 16.0 Å². The van der Waals surface area contributed by atoms with Crippen LogP contribution in [-0.4, -0.2) is 28.0 Å². The summed E-state index contributed by atoms with van der Waals surface area (Å²) in [4.78, 5) is 28.1. The van der Waals surface area contributed by atoms with Crippen LogP contribution in [0, 0.1) is 10.1 Å². The van der Waals surface area contributed by atoms with E-state index in [1.165, 1.54) is 12.4 Å². The van der Waals surface area contributed by atoms with Gasteiger partial charge in [-0.05, 0) is 0 Å². The van der Waals surface area contributed by atoms with Gasteiger partial charge in [0.15, 0.2) is 5.75 Å². The van der Waals surface area contributed by atoms with Gasteiger partial charge in [-0.15, -0.1) is 0 Å². The molecule has 18 heavy (non-hydrogen) atoms. The van der Waals surface area contributed by atoms with Crippen LogP contribution in [0.1, 0.15) is 0 Å². The van der Waals surface area contributed by atoms with Crippen molar-refractivity contribution in [3.05, 3.63) is 38.9 Å². The van der Waals surface area contributed by atoms with Crippen molar-refractivity contribution in [1.82, 2.24) is 9.97 Å². The molecule has 1 aromatic heterocycles. The van der Waals surface area contributed by atoms with E-state index in [1.54, 1.807) is 0 Å². The molecule has 1 heterocycles. The molecule has 0 aliphatic heterocycles. The number of aromatic nitrogens is 2. The highest BCUT2D eigenvalue weighted by Gasteiger charge is 2.18. The number of nitrogens with zero attached hydrogens (tertiary/aromatic N) is 2. The highest BCUT2D eigenvalue weighted by atomic mass is 16.6. The molecule has 0 aliphatic rings. The maximum Gasteiger partial charge on any atom is 0.311 e. The van der Waals surface area contributed by atoms with Crippen molar-refractivity contribution in [2.24, 2.45) is 5.73 Å². The lowest BCUT2D eigenvalue weighted by Crippen LogP contribution is -2.12. The van der Waals surface area contributed by atoms with E-state index in [0.29, 0.717) is 5.52 Å². The zero-order valence-electron chi connectivity index (χ0n) is 9.25. The van der Waals surface area contributed by atoms with Gasteiger partial charge in [0.1, 0.15) is 6.61 Å². The van der Waals surface area contributed by atoms with E-state index in [9.17, 15) is 14.9 Å². The van der Waals surface area contributed by atoms with Crippen LogP contribution in [0.25, 0.3) is 10.9 Å². The fraction of sp³-hybridized carbons (Fsp3) is 0.200. The predicted molar refractivity (Wildman–Crippen MR) is 63.6 cm³/mol. The first-order valence-corrected chi connectivity index (χ1v) is 5.12. The SMILES string of the molecule is NCCOc1cc2nc[nH]c(=O)c2cc1[N+](=O)[O-]. The lowest BCUT2D eigenvalue weighted by atomic mass is 10.2. The Morgan fingerprint density at radius 1 is 1.50 bits per heavy atom. The predicted octanol–water partition coefficient (Wildman–Crippen LogP) is 0.169. The lowest BCUT2D eigenvalue weighted by Gasteiger charge is -2.06. The fourth-order valence-electron chi connectivity index (χ4n) is 1.51. The molecule has 0 amide bonds. The molecule has 1 aromatic carbocycles. The number of fused-ring (bicyclic) bond motifs is 1. The first-order valence-electron chi connectivity index (χ1n) is 5.12. The second-order valence-corrected chi connectivity index (χ2v) is 3.46. The van der Waals surface area contributed by atoms with Crippen molar-refractivity contribution >= 4 is 16.6 Å². The summed E-state index contributed by atoms with van der Waals surface area (Å²) in [5.41, 5.74) is 4.88. The summed E-state index contributed by atoms with van der Waals surface area (Å²) in [5, 5.41) is 11.0. The van der Waals surface area contributed by atoms with Crippen LogP contribution in [-0.2, 0) is 0 Å². The summed E-state index contributed by atoms with van der Waals surface area (Å²) in [6, 6.07) is 2.51. The number of nitro benzene ring substituents is 1. The summed E-state index contributed by atoms with van der Waals surface area (Å²) < 4.78 is 5.18. The number of ether oxygens (including phenoxy) is 1. The first-order chi connectivity index (χ1) is 8.63. The van der Waals surface area contributed by atoms with Gasteiger partial charge in [-0.25, -0.2) is 4.98 Å². The molecule has 3 N–H and O–H groups in total. The third-order valence-electron chi connectivity index (χ3n) is 2.29. The number of hydrogen-bond acceptors (Lipinski definition) is 6. The van der Waals surface area contributed by atoms with Gasteiger partial charge in [0, 0.05) is 18.7 Å². The van der Waals surface area contributed by atoms with E-state index in [-0.39, 0.29) is 30.0 Å². The molecule has 0 aliphatic carbocycles. The Hall–Kier alpha value is -2.48. The van der Waals surface area contributed by atoms with Gasteiger partial charge in [-0.3, -0.25) is 14.9 Å². The van der Waals surface area contributed by atoms with Crippen molar-refractivity contribution in [3.8, 4) is 5.75 Å². The smallest absolute Gasteiger partial charge is 0.311 e. The number of hydrogen-bond donors (Lipinski definition) is 2. The first kappa shape index (κ1) is 12.0. The van der Waals surface area contributed by atoms with Crippen LogP contribution in [0.3, 0.4) is 0 Å². The molecule has 2 rings (SSSR count). The largest absolute Gasteiger partial charge is 0.485 e. The Morgan fingerprint density at radius 3 is 2.94 bits per heavy atom. The second kappa shape index (κ2) is 4.80. The van der Waals surface area contributed by atoms with Crippen molar-refractivity contribution in [2.75, 3.05) is 13.2 Å². The number of nitrogens with two attached hydrogens (primary N) is 1. The van der Waals surface area contributed by atoms with E-state index in [2.05, 4.69) is 9.97 Å². The molecule has 0 radical (unpaired) electrons. The zero-order chi connectivity index (χ0) is 13.1. The molecular formula is C10H10N4O4. The van der Waals surface area contributed by atoms with Gasteiger partial charge >= 0.3 is 5.69 Å². The molecule has 0 atom stereocenters. The summed E-state index contributed by atoms with van der Waals surface area (Å²) in [6.07, 6.45) is 1.23. The van der Waals surface area contributed by atoms with Gasteiger partial charge < -0.3 is 15.5 Å². The maximum atomic E-state index is 11.5. The molecule has 0 saturated heterocycles. The molecule has 2 aromatic rings. The van der Waals surface area contributed by atoms with Gasteiger partial charge in [-0.2, -0.15) is 0 Å². The lowest BCUT2D eigenvalue weighted by molar-refractivity contribution is -0.385. The van der Waals surface area contributed by atoms with Crippen molar-refractivity contribution in [3.63, 3.8) is 0 Å². The average Bonchev–Trinajstić information content (AvgIpc) is 2.35. The van der Waals surface area contributed by atoms with E-state index in [4.69, 9.17) is 10.5 Å². The molecule has 0 fully saturated rings. The third-order valence-corrected chi connectivity index (χ3v) is 2.29. The van der Waals surface area contributed by atoms with Gasteiger partial charge in [0.25, 0.3) is 5.56 Å². The normalized spacial score (nSPS) is 10.5. The Bertz CT molecular complexity index is 652. The average molecular weight is 250 g/mol. The summed E-state index contributed by atoms with van der Waals surface area (Å²) in [7, 11) is 0. The number of H-pyrrole nitrogens is 1. The third kappa shape index (κ3) is 2.13. The monoisotopic (exact) mass is 250 g/mol. The number of nitro groups is 1. The molecular weight excluding hydrogens is 240 g/mol. The summed E-state index contributed by atoms with van der Waals surface area (Å²) >= 11 is 0. The molecule has 8 heteroatoms. The quantitative estimate of drug-likeness (QED) is 0.588. The Morgan fingerprint density at radius 2 is 2.28 bits per heavy atom. The number of aromatic amines is 1. The molecule has 8 nitrogen and oxygen atoms in total. The molecule has 0 bridgehead atoms. The molecule has 0 unspecified atom stereocenters. The summed E-state index contributed by atoms with van der Waals surface area (Å²) in [5.74, 6) is 0.0519. The maximum absolute atomic E-state index is 11.5. The van der Waals surface area contributed by atoms with Crippen molar-refractivity contribution in [2.45, 2.75) is 0 Å². The van der Waals surface area contributed by atoms with E-state index >= 15 is 0 Å². The Kier molecular flexibility index (Phi) is 3.20. The van der Waals surface area contributed by atoms with Gasteiger partial charge in [0.2, 0.25) is 0 Å². The minimum atomic E-state index is -0.613. The molecule has 0 saturated carbocycles. The van der Waals surface area contributed by atoms with Crippen LogP contribution >= 0.6 is 0 Å². The minimum Gasteiger partial charge on any atom is -0.485 e. The van der Waals surface area contributed by atoms with E-state index in [1.807, 2.05) is 0 Å². The number of benzene rings is 1. The number of rotatable bonds is 4. The highest BCUT2D eigenvalue weighted by Crippen LogP contribution is 2.29. The van der Waals surface area contributed by atoms with E-state index in [0.717, 1.165) is 6.07 Å². The van der Waals surface area contributed by atoms with Gasteiger partial charge in [-0.1, -0.05) is 0 Å². The van der Waals surface area contributed by atoms with Crippen molar-refractivity contribution in [1.29, 1.82) is 0 Å². The fourth-order valence-corrected chi connectivity index (χ4v) is 1.51. The molecule has 0 spiro atoms. The topological polar surface area (TPSA) is 124 Å². The van der Waals surface area contributed by atoms with Crippen LogP contribution in [0.4, 0.5) is 5.69 Å². The van der Waals surface area contributed by atoms with Crippen molar-refractivity contribution < 1.29 is 9.66 Å². The Labute approximate surface area is 101 Å². The standard InChI is InChI=1S/C10H10N4O4/c11-1-2-18-9-4-7-6(3-8(9)14(16)17)10(15)13-5-12-7/h3-5H,1-2,11H2,(H,12,13,15).